The third kappa shape index (κ3) is 3.48. The lowest BCUT2D eigenvalue weighted by Crippen LogP contribution is -2.11. The summed E-state index contributed by atoms with van der Waals surface area (Å²) < 4.78 is 10.5. The highest BCUT2D eigenvalue weighted by Gasteiger charge is 2.00. The molecule has 1 N–H and O–H groups in total. The molecule has 1 heterocycles. The molecule has 1 aromatic heterocycles. The highest BCUT2D eigenvalue weighted by molar-refractivity contribution is 5.27. The van der Waals surface area contributed by atoms with Crippen molar-refractivity contribution in [1.82, 2.24) is 10.1 Å². The summed E-state index contributed by atoms with van der Waals surface area (Å²) in [6.45, 7) is 4.98. The summed E-state index contributed by atoms with van der Waals surface area (Å²) in [5.41, 5.74) is 1.18. The summed E-state index contributed by atoms with van der Waals surface area (Å²) in [5.74, 6) is 1.49. The standard InChI is InChI=1S/C12H15N3O2/c1-9-4-3-5-11(8-9)16-7-6-13-12-14-10(2)15-17-12/h3-5,8H,6-7H2,1-2H3,(H,13,14,15). The fourth-order valence-corrected chi connectivity index (χ4v) is 1.40. The molecule has 1 aromatic carbocycles. The maximum absolute atomic E-state index is 5.56. The minimum atomic E-state index is 0.426. The molecule has 0 bridgehead atoms. The quantitative estimate of drug-likeness (QED) is 0.802. The van der Waals surface area contributed by atoms with Crippen molar-refractivity contribution in [3.8, 4) is 5.75 Å². The average Bonchev–Trinajstić information content (AvgIpc) is 2.71. The highest BCUT2D eigenvalue weighted by atomic mass is 16.5. The third-order valence-electron chi connectivity index (χ3n) is 2.16. The van der Waals surface area contributed by atoms with Gasteiger partial charge in [0, 0.05) is 0 Å². The maximum Gasteiger partial charge on any atom is 0.321 e. The first kappa shape index (κ1) is 11.4. The topological polar surface area (TPSA) is 60.2 Å². The molecule has 0 aliphatic carbocycles. The van der Waals surface area contributed by atoms with E-state index in [1.54, 1.807) is 6.92 Å². The number of nitrogens with zero attached hydrogens (tertiary/aromatic N) is 2. The molecule has 0 atom stereocenters. The van der Waals surface area contributed by atoms with Crippen molar-refractivity contribution in [2.45, 2.75) is 13.8 Å². The van der Waals surface area contributed by atoms with Crippen LogP contribution in [0, 0.1) is 13.8 Å². The Balaban J connectivity index is 1.73. The van der Waals surface area contributed by atoms with Crippen molar-refractivity contribution in [1.29, 1.82) is 0 Å². The monoisotopic (exact) mass is 233 g/mol. The van der Waals surface area contributed by atoms with Gasteiger partial charge in [-0.25, -0.2) is 0 Å². The van der Waals surface area contributed by atoms with Gasteiger partial charge in [-0.15, -0.1) is 0 Å². The van der Waals surface area contributed by atoms with E-state index in [1.807, 2.05) is 31.2 Å². The second kappa shape index (κ2) is 5.34. The van der Waals surface area contributed by atoms with Crippen LogP contribution in [0.1, 0.15) is 11.4 Å². The van der Waals surface area contributed by atoms with Crippen molar-refractivity contribution in [3.05, 3.63) is 35.7 Å². The third-order valence-corrected chi connectivity index (χ3v) is 2.16. The fraction of sp³-hybridized carbons (Fsp3) is 0.333. The van der Waals surface area contributed by atoms with Crippen LogP contribution in [0.15, 0.2) is 28.8 Å². The van der Waals surface area contributed by atoms with Gasteiger partial charge in [0.2, 0.25) is 0 Å². The first-order valence-electron chi connectivity index (χ1n) is 5.48. The van der Waals surface area contributed by atoms with Crippen molar-refractivity contribution < 1.29 is 9.26 Å². The van der Waals surface area contributed by atoms with Gasteiger partial charge < -0.3 is 14.6 Å². The number of anilines is 1. The van der Waals surface area contributed by atoms with E-state index >= 15 is 0 Å². The second-order valence-corrected chi connectivity index (χ2v) is 3.74. The molecule has 0 amide bonds. The highest BCUT2D eigenvalue weighted by Crippen LogP contribution is 2.12. The Morgan fingerprint density at radius 1 is 1.35 bits per heavy atom. The van der Waals surface area contributed by atoms with Gasteiger partial charge in [-0.2, -0.15) is 4.98 Å². The number of rotatable bonds is 5. The average molecular weight is 233 g/mol. The van der Waals surface area contributed by atoms with E-state index < -0.39 is 0 Å². The molecule has 0 aliphatic heterocycles. The van der Waals surface area contributed by atoms with E-state index in [4.69, 9.17) is 9.26 Å². The molecular weight excluding hydrogens is 218 g/mol. The number of aromatic nitrogens is 2. The largest absolute Gasteiger partial charge is 0.492 e. The molecule has 2 rings (SSSR count). The molecule has 5 nitrogen and oxygen atoms in total. The molecule has 0 radical (unpaired) electrons. The summed E-state index contributed by atoms with van der Waals surface area (Å²) in [4.78, 5) is 4.02. The molecule has 90 valence electrons. The van der Waals surface area contributed by atoms with Crippen LogP contribution in [0.5, 0.6) is 5.75 Å². The Morgan fingerprint density at radius 2 is 2.24 bits per heavy atom. The molecule has 0 unspecified atom stereocenters. The van der Waals surface area contributed by atoms with E-state index in [9.17, 15) is 0 Å². The van der Waals surface area contributed by atoms with Crippen LogP contribution < -0.4 is 10.1 Å². The first-order valence-corrected chi connectivity index (χ1v) is 5.48. The smallest absolute Gasteiger partial charge is 0.321 e. The zero-order valence-electron chi connectivity index (χ0n) is 9.93. The maximum atomic E-state index is 5.56. The Kier molecular flexibility index (Phi) is 3.59. The van der Waals surface area contributed by atoms with Gasteiger partial charge in [0.25, 0.3) is 0 Å². The van der Waals surface area contributed by atoms with Crippen LogP contribution in [0.4, 0.5) is 6.01 Å². The summed E-state index contributed by atoms with van der Waals surface area (Å²) in [5, 5.41) is 6.66. The number of aryl methyl sites for hydroxylation is 2. The number of ether oxygens (including phenoxy) is 1. The van der Waals surface area contributed by atoms with E-state index in [-0.39, 0.29) is 0 Å². The van der Waals surface area contributed by atoms with Crippen LogP contribution in [0.2, 0.25) is 0 Å². The van der Waals surface area contributed by atoms with Gasteiger partial charge in [0.15, 0.2) is 5.82 Å². The van der Waals surface area contributed by atoms with Crippen LogP contribution >= 0.6 is 0 Å². The van der Waals surface area contributed by atoms with Crippen LogP contribution in [-0.2, 0) is 0 Å². The first-order chi connectivity index (χ1) is 8.24. The summed E-state index contributed by atoms with van der Waals surface area (Å²) in [7, 11) is 0. The Labute approximate surface area is 99.8 Å². The Hall–Kier alpha value is -2.04. The lowest BCUT2D eigenvalue weighted by atomic mass is 10.2. The minimum Gasteiger partial charge on any atom is -0.492 e. The summed E-state index contributed by atoms with van der Waals surface area (Å²) in [6, 6.07) is 8.36. The van der Waals surface area contributed by atoms with Crippen LogP contribution in [-0.4, -0.2) is 23.3 Å². The van der Waals surface area contributed by atoms with E-state index in [1.165, 1.54) is 5.56 Å². The SMILES string of the molecule is Cc1cccc(OCCNc2nc(C)no2)c1. The zero-order valence-corrected chi connectivity index (χ0v) is 9.93. The predicted molar refractivity (Wildman–Crippen MR) is 64.2 cm³/mol. The molecule has 0 saturated heterocycles. The van der Waals surface area contributed by atoms with Crippen molar-refractivity contribution in [3.63, 3.8) is 0 Å². The lowest BCUT2D eigenvalue weighted by molar-refractivity contribution is 0.329. The second-order valence-electron chi connectivity index (χ2n) is 3.74. The number of hydrogen-bond donors (Lipinski definition) is 1. The zero-order chi connectivity index (χ0) is 12.1. The molecule has 0 saturated carbocycles. The summed E-state index contributed by atoms with van der Waals surface area (Å²) >= 11 is 0. The number of hydrogen-bond acceptors (Lipinski definition) is 5. The predicted octanol–water partition coefficient (Wildman–Crippen LogP) is 2.18. The van der Waals surface area contributed by atoms with Gasteiger partial charge in [0.1, 0.15) is 12.4 Å². The number of nitrogens with one attached hydrogen (secondary N) is 1. The molecule has 17 heavy (non-hydrogen) atoms. The van der Waals surface area contributed by atoms with Gasteiger partial charge >= 0.3 is 6.01 Å². The fourth-order valence-electron chi connectivity index (χ4n) is 1.40. The van der Waals surface area contributed by atoms with Crippen molar-refractivity contribution in [2.75, 3.05) is 18.5 Å². The summed E-state index contributed by atoms with van der Waals surface area (Å²) in [6.07, 6.45) is 0. The van der Waals surface area contributed by atoms with E-state index in [0.717, 1.165) is 5.75 Å². The molecule has 5 heteroatoms. The molecular formula is C12H15N3O2. The Morgan fingerprint density at radius 3 is 2.94 bits per heavy atom. The van der Waals surface area contributed by atoms with E-state index in [2.05, 4.69) is 15.5 Å². The van der Waals surface area contributed by atoms with Gasteiger partial charge in [0.05, 0.1) is 6.54 Å². The van der Waals surface area contributed by atoms with Gasteiger partial charge in [-0.3, -0.25) is 0 Å². The Bertz CT molecular complexity index is 482. The molecule has 0 aliphatic rings. The van der Waals surface area contributed by atoms with Crippen LogP contribution in [0.25, 0.3) is 0 Å². The molecule has 2 aromatic rings. The van der Waals surface area contributed by atoms with E-state index in [0.29, 0.717) is 25.0 Å². The van der Waals surface area contributed by atoms with Crippen molar-refractivity contribution >= 4 is 6.01 Å². The van der Waals surface area contributed by atoms with Crippen LogP contribution in [0.3, 0.4) is 0 Å². The lowest BCUT2D eigenvalue weighted by Gasteiger charge is -2.06. The normalized spacial score (nSPS) is 10.2. The molecule has 0 spiro atoms. The molecule has 0 fully saturated rings. The number of benzene rings is 1. The minimum absolute atomic E-state index is 0.426. The van der Waals surface area contributed by atoms with Crippen molar-refractivity contribution in [2.24, 2.45) is 0 Å². The van der Waals surface area contributed by atoms with Gasteiger partial charge in [-0.1, -0.05) is 17.3 Å². The van der Waals surface area contributed by atoms with Gasteiger partial charge in [-0.05, 0) is 31.5 Å².